The summed E-state index contributed by atoms with van der Waals surface area (Å²) in [6.07, 6.45) is 0. The lowest BCUT2D eigenvalue weighted by Gasteiger charge is -2.15. The molecule has 0 aliphatic heterocycles. The van der Waals surface area contributed by atoms with Crippen molar-refractivity contribution >= 4 is 48.9 Å². The van der Waals surface area contributed by atoms with Gasteiger partial charge >= 0.3 is 5.69 Å². The van der Waals surface area contributed by atoms with Crippen molar-refractivity contribution in [3.8, 4) is 0 Å². The maximum atomic E-state index is 13.2. The molecule has 0 N–H and O–H groups in total. The summed E-state index contributed by atoms with van der Waals surface area (Å²) >= 11 is 3.25. The molecule has 0 bridgehead atoms. The van der Waals surface area contributed by atoms with Gasteiger partial charge in [0.05, 0.1) is 16.4 Å². The first kappa shape index (κ1) is 25.3. The Hall–Kier alpha value is -1.01. The van der Waals surface area contributed by atoms with Gasteiger partial charge in [-0.3, -0.25) is 13.9 Å². The van der Waals surface area contributed by atoms with Gasteiger partial charge in [-0.2, -0.15) is 0 Å². The molecule has 0 radical (unpaired) electrons. The summed E-state index contributed by atoms with van der Waals surface area (Å²) in [4.78, 5) is 25.7. The Balaban J connectivity index is 2.34. The maximum Gasteiger partial charge on any atom is 0.332 e. The summed E-state index contributed by atoms with van der Waals surface area (Å²) in [5, 5.41) is 0.203. The number of fused-ring (bicyclic) bond motifs is 1. The molecule has 0 amide bonds. The predicted molar refractivity (Wildman–Crippen MR) is 133 cm³/mol. The number of benzene rings is 1. The van der Waals surface area contributed by atoms with Crippen molar-refractivity contribution in [3.05, 3.63) is 34.2 Å². The van der Waals surface area contributed by atoms with Crippen LogP contribution in [0.3, 0.4) is 0 Å². The van der Waals surface area contributed by atoms with Gasteiger partial charge < -0.3 is 9.47 Å². The average Bonchev–Trinajstić information content (AvgIpc) is 2.91. The SMILES string of the molecule is C[Si](C)(C)CCOCn1c(=O)n(COCC[Si](C)(C)C)c2c(C(=O)CBr)cccc21. The number of ketones is 1. The Kier molecular flexibility index (Phi) is 8.87. The molecule has 0 aliphatic rings. The molecule has 0 aliphatic carbocycles. The minimum absolute atomic E-state index is 0.0618. The molecule has 1 heterocycles. The van der Waals surface area contributed by atoms with Crippen molar-refractivity contribution in [2.45, 2.75) is 64.8 Å². The number of Topliss-reactive ketones (excluding diaryl/α,β-unsaturated/α-hetero) is 1. The molecule has 168 valence electrons. The lowest BCUT2D eigenvalue weighted by Crippen LogP contribution is -2.28. The van der Waals surface area contributed by atoms with Crippen LogP contribution in [-0.2, 0) is 22.9 Å². The second kappa shape index (κ2) is 10.5. The van der Waals surface area contributed by atoms with Gasteiger partial charge in [0.15, 0.2) is 5.78 Å². The van der Waals surface area contributed by atoms with Crippen molar-refractivity contribution in [2.24, 2.45) is 0 Å². The van der Waals surface area contributed by atoms with Crippen LogP contribution < -0.4 is 5.69 Å². The van der Waals surface area contributed by atoms with Crippen molar-refractivity contribution in [3.63, 3.8) is 0 Å². The maximum absolute atomic E-state index is 13.2. The fourth-order valence-corrected chi connectivity index (χ4v) is 4.80. The first-order chi connectivity index (χ1) is 13.9. The van der Waals surface area contributed by atoms with Crippen LogP contribution in [0.5, 0.6) is 0 Å². The minimum atomic E-state index is -1.22. The Bertz CT molecular complexity index is 926. The van der Waals surface area contributed by atoms with E-state index in [0.717, 1.165) is 12.1 Å². The Labute approximate surface area is 189 Å². The van der Waals surface area contributed by atoms with E-state index in [1.165, 1.54) is 0 Å². The number of ether oxygens (including phenoxy) is 2. The highest BCUT2D eigenvalue weighted by Crippen LogP contribution is 2.20. The second-order valence-corrected chi connectivity index (χ2v) is 21.9. The average molecular weight is 516 g/mol. The van der Waals surface area contributed by atoms with Crippen molar-refractivity contribution in [2.75, 3.05) is 18.5 Å². The van der Waals surface area contributed by atoms with Crippen LogP contribution in [0, 0.1) is 0 Å². The number of imidazole rings is 1. The highest BCUT2D eigenvalue weighted by Gasteiger charge is 2.20. The molecule has 0 saturated heterocycles. The van der Waals surface area contributed by atoms with E-state index in [2.05, 4.69) is 55.2 Å². The van der Waals surface area contributed by atoms with Crippen molar-refractivity contribution < 1.29 is 14.3 Å². The zero-order chi connectivity index (χ0) is 22.5. The number of carbonyl (C=O) groups excluding carboxylic acids is 1. The number of nitrogens with zero attached hydrogens (tertiary/aromatic N) is 2. The van der Waals surface area contributed by atoms with Gasteiger partial charge in [0, 0.05) is 34.9 Å². The first-order valence-corrected chi connectivity index (χ1v) is 18.9. The van der Waals surface area contributed by atoms with E-state index < -0.39 is 16.1 Å². The summed E-state index contributed by atoms with van der Waals surface area (Å²) in [7, 11) is -2.43. The fourth-order valence-electron chi connectivity index (χ4n) is 2.99. The molecule has 0 fully saturated rings. The molecule has 2 aromatic rings. The predicted octanol–water partition coefficient (Wildman–Crippen LogP) is 5.01. The highest BCUT2D eigenvalue weighted by molar-refractivity contribution is 9.09. The number of hydrogen-bond donors (Lipinski definition) is 0. The molecule has 1 aromatic heterocycles. The molecular weight excluding hydrogens is 480 g/mol. The normalized spacial score (nSPS) is 12.6. The largest absolute Gasteiger partial charge is 0.361 e. The van der Waals surface area contributed by atoms with Crippen LogP contribution in [-0.4, -0.2) is 49.6 Å². The van der Waals surface area contributed by atoms with E-state index in [-0.39, 0.29) is 30.3 Å². The number of hydrogen-bond acceptors (Lipinski definition) is 4. The Morgan fingerprint density at radius 1 is 0.933 bits per heavy atom. The van der Waals surface area contributed by atoms with Gasteiger partial charge in [0.2, 0.25) is 0 Å². The van der Waals surface area contributed by atoms with Gasteiger partial charge in [-0.15, -0.1) is 0 Å². The lowest BCUT2D eigenvalue weighted by atomic mass is 10.1. The number of para-hydroxylation sites is 1. The molecule has 2 rings (SSSR count). The smallest absolute Gasteiger partial charge is 0.332 e. The lowest BCUT2D eigenvalue weighted by molar-refractivity contribution is 0.0754. The number of halogens is 1. The van der Waals surface area contributed by atoms with Crippen LogP contribution in [0.25, 0.3) is 11.0 Å². The third-order valence-electron chi connectivity index (χ3n) is 4.89. The summed E-state index contributed by atoms with van der Waals surface area (Å²) in [6.45, 7) is 15.3. The summed E-state index contributed by atoms with van der Waals surface area (Å²) in [5.74, 6) is -0.0618. The third kappa shape index (κ3) is 7.01. The first-order valence-electron chi connectivity index (χ1n) is 10.4. The monoisotopic (exact) mass is 514 g/mol. The quantitative estimate of drug-likeness (QED) is 0.173. The number of alkyl halides is 1. The van der Waals surface area contributed by atoms with Crippen LogP contribution in [0.15, 0.2) is 23.0 Å². The van der Waals surface area contributed by atoms with Crippen molar-refractivity contribution in [1.29, 1.82) is 0 Å². The second-order valence-electron chi connectivity index (χ2n) is 10.1. The summed E-state index contributed by atoms with van der Waals surface area (Å²) in [5.41, 5.74) is 1.64. The van der Waals surface area contributed by atoms with Gasteiger partial charge in [-0.1, -0.05) is 61.3 Å². The molecule has 30 heavy (non-hydrogen) atoms. The van der Waals surface area contributed by atoms with Crippen LogP contribution in [0.1, 0.15) is 10.4 Å². The Morgan fingerprint density at radius 3 is 1.97 bits per heavy atom. The van der Waals surface area contributed by atoms with E-state index in [0.29, 0.717) is 29.8 Å². The van der Waals surface area contributed by atoms with Crippen molar-refractivity contribution in [1.82, 2.24) is 9.13 Å². The zero-order valence-electron chi connectivity index (χ0n) is 19.1. The van der Waals surface area contributed by atoms with Crippen LogP contribution in [0.2, 0.25) is 51.4 Å². The fraction of sp³-hybridized carbons (Fsp3) is 0.619. The van der Waals surface area contributed by atoms with Crippen LogP contribution in [0.4, 0.5) is 0 Å². The highest BCUT2D eigenvalue weighted by atomic mass is 79.9. The standard InChI is InChI=1S/C21H35BrN2O4Si2/c1-29(2,3)12-10-27-15-23-18-9-7-8-17(19(25)14-22)20(18)24(21(23)26)16-28-11-13-30(4,5)6/h7-9H,10-16H2,1-6H3. The number of aromatic nitrogens is 2. The topological polar surface area (TPSA) is 62.5 Å². The van der Waals surface area contributed by atoms with E-state index in [1.54, 1.807) is 15.2 Å². The molecule has 1 aromatic carbocycles. The van der Waals surface area contributed by atoms with E-state index in [4.69, 9.17) is 9.47 Å². The number of rotatable bonds is 12. The minimum Gasteiger partial charge on any atom is -0.361 e. The van der Waals surface area contributed by atoms with Gasteiger partial charge in [-0.05, 0) is 24.2 Å². The zero-order valence-corrected chi connectivity index (χ0v) is 22.7. The van der Waals surface area contributed by atoms with E-state index in [1.807, 2.05) is 12.1 Å². The third-order valence-corrected chi connectivity index (χ3v) is 8.81. The summed E-state index contributed by atoms with van der Waals surface area (Å²) < 4.78 is 14.9. The molecule has 0 saturated carbocycles. The van der Waals surface area contributed by atoms with Gasteiger partial charge in [-0.25, -0.2) is 4.79 Å². The van der Waals surface area contributed by atoms with E-state index >= 15 is 0 Å². The molecule has 0 atom stereocenters. The van der Waals surface area contributed by atoms with Gasteiger partial charge in [0.25, 0.3) is 0 Å². The number of carbonyl (C=O) groups is 1. The molecule has 9 heteroatoms. The van der Waals surface area contributed by atoms with Crippen LogP contribution >= 0.6 is 15.9 Å². The molecular formula is C21H35BrN2O4Si2. The molecule has 0 spiro atoms. The molecule has 0 unspecified atom stereocenters. The van der Waals surface area contributed by atoms with Gasteiger partial charge in [0.1, 0.15) is 13.5 Å². The Morgan fingerprint density at radius 2 is 1.47 bits per heavy atom. The van der Waals surface area contributed by atoms with E-state index in [9.17, 15) is 9.59 Å². The summed E-state index contributed by atoms with van der Waals surface area (Å²) in [6, 6.07) is 7.50. The molecule has 6 nitrogen and oxygen atoms in total.